The molecule has 0 N–H and O–H groups in total. The molecule has 0 rings (SSSR count). The number of nitrogens with zero attached hydrogens (tertiary/aromatic N) is 1. The Morgan fingerprint density at radius 3 is 1.15 bits per heavy atom. The quantitative estimate of drug-likeness (QED) is 0.191. The molecule has 0 fully saturated rings. The second-order valence-electron chi connectivity index (χ2n) is 8.89. The van der Waals surface area contributed by atoms with Gasteiger partial charge in [0.15, 0.2) is 9.04 Å². The zero-order valence-electron chi connectivity index (χ0n) is 19.4. The van der Waals surface area contributed by atoms with Crippen LogP contribution in [0.1, 0.15) is 96.8 Å². The van der Waals surface area contributed by atoms with E-state index >= 15 is 0 Å². The molecule has 0 spiro atoms. The highest BCUT2D eigenvalue weighted by atomic mass is 79.9. The molecule has 0 unspecified atom stereocenters. The highest BCUT2D eigenvalue weighted by Crippen LogP contribution is 2.13. The summed E-state index contributed by atoms with van der Waals surface area (Å²) in [5.41, 5.74) is 0. The maximum Gasteiger partial charge on any atom is 0.156 e. The molecule has 0 heterocycles. The van der Waals surface area contributed by atoms with Crippen molar-refractivity contribution in [2.75, 3.05) is 27.7 Å². The van der Waals surface area contributed by atoms with E-state index in [1.54, 1.807) is 0 Å². The first-order valence-electron chi connectivity index (χ1n) is 11.2. The average Bonchev–Trinajstić information content (AvgIpc) is 2.54. The Morgan fingerprint density at radius 1 is 0.654 bits per heavy atom. The highest BCUT2D eigenvalue weighted by Gasteiger charge is 2.04. The van der Waals surface area contributed by atoms with Crippen LogP contribution in [0.5, 0.6) is 0 Å². The topological polar surface area (TPSA) is 9.23 Å². The first kappa shape index (κ1) is 31.5. The van der Waals surface area contributed by atoms with Crippen LogP contribution in [0.25, 0.3) is 0 Å². The third-order valence-electron chi connectivity index (χ3n) is 4.65. The number of rotatable bonds is 16. The molecule has 0 saturated carbocycles. The van der Waals surface area contributed by atoms with Gasteiger partial charge in [0.1, 0.15) is 10.5 Å². The lowest BCUT2D eigenvalue weighted by Gasteiger charge is -2.23. The summed E-state index contributed by atoms with van der Waals surface area (Å²) in [6.07, 6.45) is 20.4. The van der Waals surface area contributed by atoms with Gasteiger partial charge in [-0.2, -0.15) is 0 Å². The zero-order chi connectivity index (χ0) is 19.4. The van der Waals surface area contributed by atoms with Gasteiger partial charge in [0.2, 0.25) is 0 Å². The molecule has 0 radical (unpaired) electrons. The van der Waals surface area contributed by atoms with Gasteiger partial charge in [-0.05, 0) is 25.9 Å². The Kier molecular flexibility index (Phi) is 28.9. The summed E-state index contributed by atoms with van der Waals surface area (Å²) in [5.74, 6) is 0. The summed E-state index contributed by atoms with van der Waals surface area (Å²) in [6.45, 7) is 7.97. The standard InChI is InChI=1S/C19H42N.C2H10OSi2.BrH/c1-5-6-7-8-9-10-11-12-13-14-15-16-17-18-19-20(2,3)4;1-5(2)3-4;/h5-19H2,1-4H3;5H,1-2,4H3;1H/q+1;;/p-1. The number of hydrogen-bond donors (Lipinski definition) is 0. The third kappa shape index (κ3) is 35.9. The predicted molar refractivity (Wildman–Crippen MR) is 123 cm³/mol. The first-order valence-corrected chi connectivity index (χ1v) is 14.8. The molecule has 0 atom stereocenters. The fourth-order valence-corrected chi connectivity index (χ4v) is 2.78. The predicted octanol–water partition coefficient (Wildman–Crippen LogP) is 2.44. The van der Waals surface area contributed by atoms with Gasteiger partial charge in [-0.3, -0.25) is 0 Å². The average molecular weight is 471 g/mol. The van der Waals surface area contributed by atoms with E-state index in [1.807, 2.05) is 0 Å². The Hall–Kier alpha value is 0.834. The van der Waals surface area contributed by atoms with Gasteiger partial charge in [0.25, 0.3) is 0 Å². The second-order valence-corrected chi connectivity index (χ2v) is 12.9. The highest BCUT2D eigenvalue weighted by molar-refractivity contribution is 6.52. The summed E-state index contributed by atoms with van der Waals surface area (Å²) in [7, 11) is 7.23. The second kappa shape index (κ2) is 23.9. The van der Waals surface area contributed by atoms with Crippen molar-refractivity contribution in [2.24, 2.45) is 0 Å². The van der Waals surface area contributed by atoms with Crippen LogP contribution in [0, 0.1) is 0 Å². The molecule has 162 valence electrons. The normalized spacial score (nSPS) is 11.2. The Bertz CT molecular complexity index is 249. The van der Waals surface area contributed by atoms with Crippen LogP contribution < -0.4 is 17.0 Å². The molecule has 0 aromatic rings. The van der Waals surface area contributed by atoms with Crippen molar-refractivity contribution in [1.29, 1.82) is 0 Å². The lowest BCUT2D eigenvalue weighted by atomic mass is 10.0. The van der Waals surface area contributed by atoms with Gasteiger partial charge in [-0.15, -0.1) is 0 Å². The molecule has 0 amide bonds. The molecule has 0 saturated heterocycles. The van der Waals surface area contributed by atoms with Crippen LogP contribution in [0.3, 0.4) is 0 Å². The molecule has 0 aromatic carbocycles. The van der Waals surface area contributed by atoms with E-state index in [4.69, 9.17) is 4.12 Å². The minimum absolute atomic E-state index is 0. The lowest BCUT2D eigenvalue weighted by Crippen LogP contribution is -3.00. The van der Waals surface area contributed by atoms with Gasteiger partial charge in [0.05, 0.1) is 27.7 Å². The SMILES string of the molecule is CCCCCCCCCCCCCCCC[N+](C)(C)C.C[SiH](C)O[SiH3].[Br-]. The van der Waals surface area contributed by atoms with Crippen molar-refractivity contribution < 1.29 is 25.6 Å². The fourth-order valence-electron chi connectivity index (χ4n) is 2.78. The van der Waals surface area contributed by atoms with E-state index in [0.29, 0.717) is 0 Å². The number of unbranched alkanes of at least 4 members (excludes halogenated alkanes) is 13. The third-order valence-corrected chi connectivity index (χ3v) is 8.43. The number of quaternary nitrogens is 1. The van der Waals surface area contributed by atoms with E-state index < -0.39 is 9.04 Å². The van der Waals surface area contributed by atoms with Crippen LogP contribution in [-0.4, -0.2) is 51.7 Å². The van der Waals surface area contributed by atoms with Gasteiger partial charge in [0, 0.05) is 0 Å². The number of halogens is 1. The van der Waals surface area contributed by atoms with Crippen molar-refractivity contribution in [2.45, 2.75) is 110 Å². The molecule has 0 aliphatic heterocycles. The Morgan fingerprint density at radius 2 is 0.923 bits per heavy atom. The molecule has 2 nitrogen and oxygen atoms in total. The fraction of sp³-hybridized carbons (Fsp3) is 1.00. The van der Waals surface area contributed by atoms with Crippen LogP contribution in [0.4, 0.5) is 0 Å². The lowest BCUT2D eigenvalue weighted by molar-refractivity contribution is -0.870. The molecule has 26 heavy (non-hydrogen) atoms. The van der Waals surface area contributed by atoms with E-state index in [1.165, 1.54) is 96.4 Å². The zero-order valence-corrected chi connectivity index (χ0v) is 24.2. The van der Waals surface area contributed by atoms with Crippen LogP contribution >= 0.6 is 0 Å². The van der Waals surface area contributed by atoms with Gasteiger partial charge in [-0.25, -0.2) is 0 Å². The van der Waals surface area contributed by atoms with Crippen LogP contribution in [0.15, 0.2) is 0 Å². The van der Waals surface area contributed by atoms with E-state index in [9.17, 15) is 0 Å². The Labute approximate surface area is 182 Å². The van der Waals surface area contributed by atoms with Gasteiger partial charge < -0.3 is 25.6 Å². The largest absolute Gasteiger partial charge is 1.00 e. The van der Waals surface area contributed by atoms with Crippen LogP contribution in [0.2, 0.25) is 13.1 Å². The molecule has 0 aliphatic carbocycles. The van der Waals surface area contributed by atoms with Crippen LogP contribution in [-0.2, 0) is 4.12 Å². The van der Waals surface area contributed by atoms with Gasteiger partial charge in [-0.1, -0.05) is 84.0 Å². The first-order chi connectivity index (χ1) is 11.8. The smallest absolute Gasteiger partial charge is 0.156 e. The molecule has 0 bridgehead atoms. The maximum atomic E-state index is 5.03. The van der Waals surface area contributed by atoms with Crippen molar-refractivity contribution in [1.82, 2.24) is 0 Å². The summed E-state index contributed by atoms with van der Waals surface area (Å²) >= 11 is 0. The molecule has 5 heteroatoms. The van der Waals surface area contributed by atoms with Crippen molar-refractivity contribution in [3.8, 4) is 0 Å². The number of hydrogen-bond acceptors (Lipinski definition) is 1. The molecular formula is C21H52BrNOSi2. The summed E-state index contributed by atoms with van der Waals surface area (Å²) in [4.78, 5) is 0. The summed E-state index contributed by atoms with van der Waals surface area (Å²) in [6, 6.07) is 0. The minimum Gasteiger partial charge on any atom is -1.00 e. The van der Waals surface area contributed by atoms with Crippen molar-refractivity contribution in [3.63, 3.8) is 0 Å². The van der Waals surface area contributed by atoms with E-state index in [0.717, 1.165) is 15.0 Å². The van der Waals surface area contributed by atoms with E-state index in [-0.39, 0.29) is 17.0 Å². The minimum atomic E-state index is -0.588. The van der Waals surface area contributed by atoms with E-state index in [2.05, 4.69) is 41.2 Å². The Balaban J connectivity index is -0.000000772. The van der Waals surface area contributed by atoms with Crippen molar-refractivity contribution in [3.05, 3.63) is 0 Å². The monoisotopic (exact) mass is 469 g/mol. The summed E-state index contributed by atoms with van der Waals surface area (Å²) < 4.78 is 6.15. The van der Waals surface area contributed by atoms with Gasteiger partial charge >= 0.3 is 0 Å². The molecule has 0 aromatic heterocycles. The molecular weight excluding hydrogens is 418 g/mol. The summed E-state index contributed by atoms with van der Waals surface area (Å²) in [5, 5.41) is 0. The maximum absolute atomic E-state index is 5.03. The van der Waals surface area contributed by atoms with Crippen molar-refractivity contribution >= 4 is 19.5 Å². The molecule has 0 aliphatic rings.